The van der Waals surface area contributed by atoms with Crippen LogP contribution in [-0.2, 0) is 11.8 Å². The number of hydrogen-bond acceptors (Lipinski definition) is 4. The summed E-state index contributed by atoms with van der Waals surface area (Å²) in [6.07, 6.45) is 10.3. The van der Waals surface area contributed by atoms with Crippen LogP contribution < -0.4 is 5.32 Å². The van der Waals surface area contributed by atoms with Crippen molar-refractivity contribution in [3.8, 4) is 0 Å². The van der Waals surface area contributed by atoms with Crippen molar-refractivity contribution in [1.29, 1.82) is 0 Å². The Balaban J connectivity index is 0.000000603. The fourth-order valence-electron chi connectivity index (χ4n) is 4.97. The Labute approximate surface area is 224 Å². The van der Waals surface area contributed by atoms with E-state index in [0.717, 1.165) is 35.5 Å². The van der Waals surface area contributed by atoms with Gasteiger partial charge in [0.15, 0.2) is 6.21 Å². The van der Waals surface area contributed by atoms with Gasteiger partial charge < -0.3 is 9.30 Å². The normalized spacial score (nSPS) is 15.4. The van der Waals surface area contributed by atoms with Crippen molar-refractivity contribution in [2.45, 2.75) is 65.2 Å². The Morgan fingerprint density at radius 1 is 1.11 bits per heavy atom. The number of methoxy groups -OCH3 is 1. The van der Waals surface area contributed by atoms with E-state index in [1.807, 2.05) is 34.0 Å². The first-order valence-corrected chi connectivity index (χ1v) is 13.5. The molecule has 1 saturated carbocycles. The summed E-state index contributed by atoms with van der Waals surface area (Å²) < 4.78 is 23.8. The van der Waals surface area contributed by atoms with E-state index in [1.165, 1.54) is 38.2 Å². The van der Waals surface area contributed by atoms with Gasteiger partial charge in [-0.05, 0) is 36.6 Å². The van der Waals surface area contributed by atoms with E-state index >= 15 is 0 Å². The third-order valence-corrected chi connectivity index (χ3v) is 7.18. The van der Waals surface area contributed by atoms with E-state index in [0.29, 0.717) is 28.3 Å². The van der Waals surface area contributed by atoms with Crippen LogP contribution in [0.25, 0.3) is 16.6 Å². The quantitative estimate of drug-likeness (QED) is 0.406. The molecule has 0 spiro atoms. The molecule has 1 N–H and O–H groups in total. The number of amides is 1. The Bertz CT molecular complexity index is 1390. The lowest BCUT2D eigenvalue weighted by atomic mass is 10.0. The van der Waals surface area contributed by atoms with Gasteiger partial charge in [-0.2, -0.15) is 0 Å². The first-order valence-electron chi connectivity index (χ1n) is 13.5. The minimum Gasteiger partial charge on any atom is -0.500 e. The van der Waals surface area contributed by atoms with Gasteiger partial charge in [0, 0.05) is 24.4 Å². The number of ether oxygens (including phenoxy) is 1. The van der Waals surface area contributed by atoms with E-state index in [-0.39, 0.29) is 17.6 Å². The highest BCUT2D eigenvalue weighted by molar-refractivity contribution is 6.10. The van der Waals surface area contributed by atoms with Crippen molar-refractivity contribution in [1.82, 2.24) is 14.5 Å². The maximum atomic E-state index is 14.4. The first-order chi connectivity index (χ1) is 18.2. The second-order valence-corrected chi connectivity index (χ2v) is 10.5. The summed E-state index contributed by atoms with van der Waals surface area (Å²) in [5, 5.41) is 2.87. The van der Waals surface area contributed by atoms with E-state index in [4.69, 9.17) is 4.74 Å². The second kappa shape index (κ2) is 11.9. The number of hydrogen-bond donors (Lipinski definition) is 1. The zero-order valence-electron chi connectivity index (χ0n) is 23.4. The molecule has 1 aromatic carbocycles. The molecule has 2 aliphatic rings. The smallest absolute Gasteiger partial charge is 0.258 e. The maximum Gasteiger partial charge on any atom is 0.258 e. The molecule has 0 unspecified atom stereocenters. The molecule has 38 heavy (non-hydrogen) atoms. The molecule has 0 radical (unpaired) electrons. The number of allylic oxidation sites excluding steroid dienone is 1. The van der Waals surface area contributed by atoms with Crippen molar-refractivity contribution < 1.29 is 18.5 Å². The number of fused-ring (bicyclic) bond motifs is 1. The van der Waals surface area contributed by atoms with Gasteiger partial charge >= 0.3 is 0 Å². The van der Waals surface area contributed by atoms with Gasteiger partial charge in [0.05, 0.1) is 30.3 Å². The molecular formula is C30H39FN5O2+. The predicted molar refractivity (Wildman–Crippen MR) is 150 cm³/mol. The number of imidazole rings is 1. The lowest BCUT2D eigenvalue weighted by molar-refractivity contribution is -0.492. The number of nitrogens with zero attached hydrogens (tertiary/aromatic N) is 4. The van der Waals surface area contributed by atoms with Crippen molar-refractivity contribution in [3.63, 3.8) is 0 Å². The molecule has 1 fully saturated rings. The first kappa shape index (κ1) is 27.5. The summed E-state index contributed by atoms with van der Waals surface area (Å²) in [7, 11) is 5.45. The summed E-state index contributed by atoms with van der Waals surface area (Å²) in [6.45, 7) is 6.60. The molecule has 3 aromatic rings. The van der Waals surface area contributed by atoms with E-state index < -0.39 is 0 Å². The topological polar surface area (TPSA) is 72.0 Å². The highest BCUT2D eigenvalue weighted by atomic mass is 19.1. The Morgan fingerprint density at radius 2 is 1.79 bits per heavy atom. The number of aryl methyl sites for hydroxylation is 2. The number of carbonyl (C=O) groups excluding carboxylic acids is 1. The van der Waals surface area contributed by atoms with Crippen LogP contribution in [0.1, 0.15) is 85.6 Å². The van der Waals surface area contributed by atoms with Crippen molar-refractivity contribution in [2.24, 2.45) is 7.05 Å². The minimum atomic E-state index is -0.312. The minimum absolute atomic E-state index is 0.0440. The average molecular weight is 521 g/mol. The molecule has 1 amide bonds. The predicted octanol–water partition coefficient (Wildman–Crippen LogP) is 6.22. The summed E-state index contributed by atoms with van der Waals surface area (Å²) in [5.41, 5.74) is 4.60. The lowest BCUT2D eigenvalue weighted by Crippen LogP contribution is -2.19. The van der Waals surface area contributed by atoms with Gasteiger partial charge in [0.25, 0.3) is 5.91 Å². The third-order valence-electron chi connectivity index (χ3n) is 7.18. The number of aromatic nitrogens is 3. The zero-order valence-corrected chi connectivity index (χ0v) is 23.4. The van der Waals surface area contributed by atoms with E-state index in [2.05, 4.69) is 19.9 Å². The SMILES string of the molecule is C1CCCC1.COC1=C(c2cc(C(=O)Nc3nc4cc(F)c(C(C)C)cc4n3C)cc(C)n2)C=[N+](C)CC1. The summed E-state index contributed by atoms with van der Waals surface area (Å²) in [4.78, 5) is 22.2. The fraction of sp³-hybridized carbons (Fsp3) is 0.467. The average Bonchev–Trinajstić information content (AvgIpc) is 3.56. The molecule has 0 saturated heterocycles. The Hall–Kier alpha value is -3.55. The standard InChI is InChI=1S/C25H28FN5O2.C5H10/c1-14(2)17-11-22-21(12-19(17)26)28-25(31(22)5)29-24(32)16-9-15(3)27-20(10-16)18-13-30(4)8-7-23(18)33-6;1-2-4-5-3-1/h9-14H,7-8H2,1-6H3;1-5H2/p+1. The third kappa shape index (κ3) is 6.11. The lowest BCUT2D eigenvalue weighted by Gasteiger charge is -2.15. The van der Waals surface area contributed by atoms with Gasteiger partial charge in [-0.25, -0.2) is 13.9 Å². The number of carbonyl (C=O) groups is 1. The van der Waals surface area contributed by atoms with Crippen molar-refractivity contribution in [2.75, 3.05) is 26.0 Å². The molecule has 0 bridgehead atoms. The van der Waals surface area contributed by atoms with Crippen molar-refractivity contribution in [3.05, 3.63) is 58.4 Å². The number of anilines is 1. The van der Waals surface area contributed by atoms with Crippen LogP contribution in [0.4, 0.5) is 10.3 Å². The molecule has 202 valence electrons. The zero-order chi connectivity index (χ0) is 27.4. The molecule has 0 atom stereocenters. The number of halogens is 1. The second-order valence-electron chi connectivity index (χ2n) is 10.5. The molecular weight excluding hydrogens is 481 g/mol. The molecule has 3 heterocycles. The largest absolute Gasteiger partial charge is 0.500 e. The monoisotopic (exact) mass is 520 g/mol. The molecule has 5 rings (SSSR count). The summed E-state index contributed by atoms with van der Waals surface area (Å²) >= 11 is 0. The molecule has 8 heteroatoms. The Morgan fingerprint density at radius 3 is 2.42 bits per heavy atom. The van der Waals surface area contributed by atoms with Gasteiger partial charge in [0.2, 0.25) is 5.95 Å². The van der Waals surface area contributed by atoms with Gasteiger partial charge in [0.1, 0.15) is 30.7 Å². The summed E-state index contributed by atoms with van der Waals surface area (Å²) in [6, 6.07) is 6.70. The van der Waals surface area contributed by atoms with Gasteiger partial charge in [-0.15, -0.1) is 0 Å². The molecule has 1 aliphatic heterocycles. The molecule has 1 aliphatic carbocycles. The highest BCUT2D eigenvalue weighted by Crippen LogP contribution is 2.27. The number of nitrogens with one attached hydrogen (secondary N) is 1. The van der Waals surface area contributed by atoms with Gasteiger partial charge in [-0.1, -0.05) is 46.0 Å². The molecule has 2 aromatic heterocycles. The van der Waals surface area contributed by atoms with E-state index in [9.17, 15) is 9.18 Å². The van der Waals surface area contributed by atoms with Crippen LogP contribution in [-0.4, -0.2) is 51.9 Å². The van der Waals surface area contributed by atoms with Crippen molar-refractivity contribution >= 4 is 34.7 Å². The van der Waals surface area contributed by atoms with Crippen LogP contribution in [0.2, 0.25) is 0 Å². The van der Waals surface area contributed by atoms with Crippen LogP contribution >= 0.6 is 0 Å². The van der Waals surface area contributed by atoms with Crippen LogP contribution in [0.15, 0.2) is 30.0 Å². The molecule has 7 nitrogen and oxygen atoms in total. The Kier molecular flexibility index (Phi) is 8.59. The maximum absolute atomic E-state index is 14.4. The van der Waals surface area contributed by atoms with Crippen LogP contribution in [0.5, 0.6) is 0 Å². The highest BCUT2D eigenvalue weighted by Gasteiger charge is 2.22. The van der Waals surface area contributed by atoms with Crippen LogP contribution in [0.3, 0.4) is 0 Å². The fourth-order valence-corrected chi connectivity index (χ4v) is 4.97. The van der Waals surface area contributed by atoms with E-state index in [1.54, 1.807) is 36.9 Å². The number of benzene rings is 1. The number of pyridine rings is 1. The van der Waals surface area contributed by atoms with Gasteiger partial charge in [-0.3, -0.25) is 15.1 Å². The number of rotatable bonds is 5. The van der Waals surface area contributed by atoms with Crippen LogP contribution in [0, 0.1) is 12.7 Å². The summed E-state index contributed by atoms with van der Waals surface area (Å²) in [5.74, 6) is 0.637.